The van der Waals surface area contributed by atoms with E-state index in [2.05, 4.69) is 6.92 Å². The Balaban J connectivity index is 1.99. The van der Waals surface area contributed by atoms with Gasteiger partial charge >= 0.3 is 5.97 Å². The summed E-state index contributed by atoms with van der Waals surface area (Å²) < 4.78 is 10.9. The number of ether oxygens (including phenoxy) is 2. The van der Waals surface area contributed by atoms with Crippen molar-refractivity contribution < 1.29 is 14.3 Å². The molecule has 0 saturated carbocycles. The summed E-state index contributed by atoms with van der Waals surface area (Å²) in [6.45, 7) is 4.60. The van der Waals surface area contributed by atoms with Gasteiger partial charge in [-0.1, -0.05) is 50.6 Å². The van der Waals surface area contributed by atoms with Crippen LogP contribution >= 0.6 is 0 Å². The zero-order chi connectivity index (χ0) is 13.0. The van der Waals surface area contributed by atoms with Gasteiger partial charge in [-0.3, -0.25) is 0 Å². The highest BCUT2D eigenvalue weighted by atomic mass is 16.7. The Labute approximate surface area is 108 Å². The van der Waals surface area contributed by atoms with Gasteiger partial charge in [0.15, 0.2) is 6.10 Å². The average molecular weight is 248 g/mol. The highest BCUT2D eigenvalue weighted by molar-refractivity contribution is 5.80. The van der Waals surface area contributed by atoms with Crippen LogP contribution in [-0.2, 0) is 19.9 Å². The van der Waals surface area contributed by atoms with Gasteiger partial charge in [0.2, 0.25) is 0 Å². The van der Waals surface area contributed by atoms with Crippen LogP contribution in [0.5, 0.6) is 0 Å². The largest absolute Gasteiger partial charge is 0.464 e. The Morgan fingerprint density at radius 3 is 2.67 bits per heavy atom. The maximum Gasteiger partial charge on any atom is 0.338 e. The smallest absolute Gasteiger partial charge is 0.338 e. The molecule has 1 aromatic carbocycles. The molecule has 1 saturated heterocycles. The quantitative estimate of drug-likeness (QED) is 0.441. The second-order valence-corrected chi connectivity index (χ2v) is 4.63. The number of hydrogen-bond acceptors (Lipinski definition) is 3. The monoisotopic (exact) mass is 248 g/mol. The Hall–Kier alpha value is -1.35. The SMILES string of the molecule is CCCCOC(=O)[C@H]1O[C@@]1(CC)c1ccccc1. The molecule has 0 radical (unpaired) electrons. The Morgan fingerprint density at radius 2 is 2.06 bits per heavy atom. The van der Waals surface area contributed by atoms with E-state index in [0.29, 0.717) is 6.61 Å². The first kappa shape index (κ1) is 13.1. The van der Waals surface area contributed by atoms with Crippen molar-refractivity contribution in [2.24, 2.45) is 0 Å². The molecule has 98 valence electrons. The third-order valence-electron chi connectivity index (χ3n) is 3.44. The third kappa shape index (κ3) is 2.41. The lowest BCUT2D eigenvalue weighted by Crippen LogP contribution is -2.21. The van der Waals surface area contributed by atoms with E-state index >= 15 is 0 Å². The van der Waals surface area contributed by atoms with Crippen LogP contribution in [0.2, 0.25) is 0 Å². The number of esters is 1. The molecule has 0 aromatic heterocycles. The van der Waals surface area contributed by atoms with Gasteiger partial charge in [-0.25, -0.2) is 4.79 Å². The Bertz CT molecular complexity index is 401. The molecular weight excluding hydrogens is 228 g/mol. The lowest BCUT2D eigenvalue weighted by molar-refractivity contribution is -0.145. The van der Waals surface area contributed by atoms with Crippen LogP contribution in [-0.4, -0.2) is 18.7 Å². The van der Waals surface area contributed by atoms with Crippen molar-refractivity contribution in [3.8, 4) is 0 Å². The zero-order valence-electron chi connectivity index (χ0n) is 11.0. The molecule has 0 aliphatic carbocycles. The van der Waals surface area contributed by atoms with E-state index in [1.165, 1.54) is 0 Å². The normalized spacial score (nSPS) is 25.8. The van der Waals surface area contributed by atoms with E-state index in [4.69, 9.17) is 9.47 Å². The van der Waals surface area contributed by atoms with Gasteiger partial charge in [-0.15, -0.1) is 0 Å². The molecule has 3 heteroatoms. The fourth-order valence-corrected chi connectivity index (χ4v) is 2.22. The molecule has 1 heterocycles. The minimum absolute atomic E-state index is 0.228. The van der Waals surface area contributed by atoms with Crippen molar-refractivity contribution in [2.45, 2.75) is 44.8 Å². The molecule has 2 atom stereocenters. The number of epoxide rings is 1. The van der Waals surface area contributed by atoms with Crippen molar-refractivity contribution >= 4 is 5.97 Å². The number of unbranched alkanes of at least 4 members (excludes halogenated alkanes) is 1. The van der Waals surface area contributed by atoms with E-state index in [9.17, 15) is 4.79 Å². The number of benzene rings is 1. The maximum atomic E-state index is 11.9. The first-order chi connectivity index (χ1) is 8.74. The van der Waals surface area contributed by atoms with E-state index < -0.39 is 11.7 Å². The molecule has 0 bridgehead atoms. The van der Waals surface area contributed by atoms with Crippen LogP contribution < -0.4 is 0 Å². The molecular formula is C15H20O3. The first-order valence-corrected chi connectivity index (χ1v) is 6.64. The van der Waals surface area contributed by atoms with Gasteiger partial charge < -0.3 is 9.47 Å². The van der Waals surface area contributed by atoms with E-state index in [1.54, 1.807) is 0 Å². The van der Waals surface area contributed by atoms with Crippen LogP contribution in [0.3, 0.4) is 0 Å². The lowest BCUT2D eigenvalue weighted by atomic mass is 9.93. The maximum absolute atomic E-state index is 11.9. The summed E-state index contributed by atoms with van der Waals surface area (Å²) in [6, 6.07) is 9.90. The molecule has 1 aliphatic heterocycles. The van der Waals surface area contributed by atoms with Gasteiger partial charge in [-0.05, 0) is 18.4 Å². The van der Waals surface area contributed by atoms with Crippen molar-refractivity contribution in [3.63, 3.8) is 0 Å². The summed E-state index contributed by atoms with van der Waals surface area (Å²) in [5, 5.41) is 0. The summed E-state index contributed by atoms with van der Waals surface area (Å²) in [5.41, 5.74) is 0.606. The van der Waals surface area contributed by atoms with Crippen molar-refractivity contribution in [1.82, 2.24) is 0 Å². The fourth-order valence-electron chi connectivity index (χ4n) is 2.22. The van der Waals surface area contributed by atoms with Crippen molar-refractivity contribution in [3.05, 3.63) is 35.9 Å². The van der Waals surface area contributed by atoms with E-state index in [-0.39, 0.29) is 5.97 Å². The van der Waals surface area contributed by atoms with Crippen LogP contribution in [0, 0.1) is 0 Å². The first-order valence-electron chi connectivity index (χ1n) is 6.64. The molecule has 0 amide bonds. The average Bonchev–Trinajstić information content (AvgIpc) is 3.16. The molecule has 1 fully saturated rings. The highest BCUT2D eigenvalue weighted by Crippen LogP contribution is 2.49. The number of carbonyl (C=O) groups excluding carboxylic acids is 1. The van der Waals surface area contributed by atoms with Gasteiger partial charge in [-0.2, -0.15) is 0 Å². The van der Waals surface area contributed by atoms with Crippen molar-refractivity contribution in [1.29, 1.82) is 0 Å². The summed E-state index contributed by atoms with van der Waals surface area (Å²) in [7, 11) is 0. The third-order valence-corrected chi connectivity index (χ3v) is 3.44. The number of carbonyl (C=O) groups is 1. The van der Waals surface area contributed by atoms with Gasteiger partial charge in [0.05, 0.1) is 6.61 Å². The van der Waals surface area contributed by atoms with Gasteiger partial charge in [0.25, 0.3) is 0 Å². The van der Waals surface area contributed by atoms with Crippen LogP contribution in [0.25, 0.3) is 0 Å². The summed E-state index contributed by atoms with van der Waals surface area (Å²) in [4.78, 5) is 11.9. The summed E-state index contributed by atoms with van der Waals surface area (Å²) >= 11 is 0. The summed E-state index contributed by atoms with van der Waals surface area (Å²) in [6.07, 6.45) is 2.28. The van der Waals surface area contributed by atoms with Crippen LogP contribution in [0.1, 0.15) is 38.7 Å². The second kappa shape index (κ2) is 5.53. The Morgan fingerprint density at radius 1 is 1.33 bits per heavy atom. The predicted molar refractivity (Wildman–Crippen MR) is 69.2 cm³/mol. The minimum Gasteiger partial charge on any atom is -0.464 e. The van der Waals surface area contributed by atoms with E-state index in [1.807, 2.05) is 37.3 Å². The molecule has 3 nitrogen and oxygen atoms in total. The highest BCUT2D eigenvalue weighted by Gasteiger charge is 2.61. The minimum atomic E-state index is -0.454. The van der Waals surface area contributed by atoms with E-state index in [0.717, 1.165) is 24.8 Å². The molecule has 1 aliphatic rings. The van der Waals surface area contributed by atoms with Crippen LogP contribution in [0.15, 0.2) is 30.3 Å². The van der Waals surface area contributed by atoms with Crippen molar-refractivity contribution in [2.75, 3.05) is 6.61 Å². The van der Waals surface area contributed by atoms with Gasteiger partial charge in [0.1, 0.15) is 5.60 Å². The molecule has 1 aromatic rings. The topological polar surface area (TPSA) is 38.8 Å². The second-order valence-electron chi connectivity index (χ2n) is 4.63. The standard InChI is InChI=1S/C15H20O3/c1-3-5-11-17-14(16)13-15(4-2,18-13)12-9-7-6-8-10-12/h6-10,13H,3-5,11H2,1-2H3/t13-,15+/m1/s1. The molecule has 0 unspecified atom stereocenters. The predicted octanol–water partition coefficient (Wildman–Crippen LogP) is 3.03. The number of hydrogen-bond donors (Lipinski definition) is 0. The fraction of sp³-hybridized carbons (Fsp3) is 0.533. The van der Waals surface area contributed by atoms with Crippen LogP contribution in [0.4, 0.5) is 0 Å². The molecule has 0 N–H and O–H groups in total. The molecule has 2 rings (SSSR count). The zero-order valence-corrected chi connectivity index (χ0v) is 11.0. The Kier molecular flexibility index (Phi) is 4.02. The lowest BCUT2D eigenvalue weighted by Gasteiger charge is -2.10. The van der Waals surface area contributed by atoms with Gasteiger partial charge in [0, 0.05) is 0 Å². The summed E-state index contributed by atoms with van der Waals surface area (Å²) in [5.74, 6) is -0.228. The molecule has 18 heavy (non-hydrogen) atoms. The number of rotatable bonds is 6. The molecule has 0 spiro atoms.